The lowest BCUT2D eigenvalue weighted by Gasteiger charge is -2.31. The molecule has 0 bridgehead atoms. The number of piperidine rings is 1. The third-order valence-corrected chi connectivity index (χ3v) is 6.87. The summed E-state index contributed by atoms with van der Waals surface area (Å²) in [5.41, 5.74) is 2.58. The van der Waals surface area contributed by atoms with Crippen LogP contribution in [0.4, 0.5) is 0 Å². The maximum Gasteiger partial charge on any atom is 0.243 e. The van der Waals surface area contributed by atoms with Crippen molar-refractivity contribution >= 4 is 15.9 Å². The quantitative estimate of drug-likeness (QED) is 0.745. The van der Waals surface area contributed by atoms with Crippen molar-refractivity contribution in [3.63, 3.8) is 0 Å². The first kappa shape index (κ1) is 19.9. The van der Waals surface area contributed by atoms with Crippen molar-refractivity contribution in [2.75, 3.05) is 26.2 Å². The molecule has 1 aliphatic rings. The second-order valence-electron chi connectivity index (χ2n) is 6.77. The maximum atomic E-state index is 13.0. The Balaban J connectivity index is 2.06. The minimum atomic E-state index is -3.54. The molecule has 0 spiro atoms. The molecule has 1 amide bonds. The average molecular weight is 368 g/mol. The lowest BCUT2D eigenvalue weighted by molar-refractivity contribution is -0.126. The van der Waals surface area contributed by atoms with Crippen LogP contribution in [0.25, 0.3) is 0 Å². The molecular formula is C18H28N2O4S. The van der Waals surface area contributed by atoms with Gasteiger partial charge < -0.3 is 10.4 Å². The van der Waals surface area contributed by atoms with E-state index in [9.17, 15) is 13.2 Å². The highest BCUT2D eigenvalue weighted by molar-refractivity contribution is 7.89. The van der Waals surface area contributed by atoms with E-state index in [1.165, 1.54) is 4.31 Å². The highest BCUT2D eigenvalue weighted by Gasteiger charge is 2.33. The van der Waals surface area contributed by atoms with Crippen LogP contribution in [0.3, 0.4) is 0 Å². The summed E-state index contributed by atoms with van der Waals surface area (Å²) in [5, 5.41) is 11.6. The summed E-state index contributed by atoms with van der Waals surface area (Å²) in [4.78, 5) is 12.5. The van der Waals surface area contributed by atoms with Crippen molar-refractivity contribution in [1.82, 2.24) is 9.62 Å². The van der Waals surface area contributed by atoms with Gasteiger partial charge in [-0.3, -0.25) is 4.79 Å². The van der Waals surface area contributed by atoms with E-state index in [4.69, 9.17) is 5.11 Å². The van der Waals surface area contributed by atoms with E-state index in [1.54, 1.807) is 0 Å². The van der Waals surface area contributed by atoms with Gasteiger partial charge in [0.25, 0.3) is 0 Å². The fraction of sp³-hybridized carbons (Fsp3) is 0.611. The Morgan fingerprint density at radius 2 is 1.76 bits per heavy atom. The van der Waals surface area contributed by atoms with Gasteiger partial charge in [-0.2, -0.15) is 4.31 Å². The minimum Gasteiger partial charge on any atom is -0.396 e. The summed E-state index contributed by atoms with van der Waals surface area (Å²) in [6.07, 6.45) is 1.58. The molecule has 7 heteroatoms. The number of rotatable bonds is 6. The van der Waals surface area contributed by atoms with Crippen molar-refractivity contribution in [2.24, 2.45) is 5.92 Å². The summed E-state index contributed by atoms with van der Waals surface area (Å²) in [6, 6.07) is 3.78. The zero-order chi connectivity index (χ0) is 18.6. The topological polar surface area (TPSA) is 86.7 Å². The van der Waals surface area contributed by atoms with E-state index in [0.717, 1.165) is 16.7 Å². The zero-order valence-corrected chi connectivity index (χ0v) is 16.0. The lowest BCUT2D eigenvalue weighted by Crippen LogP contribution is -2.43. The normalized spacial score (nSPS) is 16.8. The van der Waals surface area contributed by atoms with Crippen molar-refractivity contribution < 1.29 is 18.3 Å². The Kier molecular flexibility index (Phi) is 6.59. The predicted molar refractivity (Wildman–Crippen MR) is 96.8 cm³/mol. The molecule has 0 aromatic heterocycles. The number of amides is 1. The Hall–Kier alpha value is -1.44. The Morgan fingerprint density at radius 1 is 1.20 bits per heavy atom. The first-order valence-electron chi connectivity index (χ1n) is 8.74. The van der Waals surface area contributed by atoms with Gasteiger partial charge in [0.15, 0.2) is 0 Å². The summed E-state index contributed by atoms with van der Waals surface area (Å²) >= 11 is 0. The maximum absolute atomic E-state index is 13.0. The standard InChI is InChI=1S/C18H28N2O4S/c1-13-11-14(2)17(15(3)12-13)25(23,24)20-8-5-16(6-9-20)18(22)19-7-4-10-21/h11-12,16,21H,4-10H2,1-3H3,(H,19,22). The Morgan fingerprint density at radius 3 is 2.28 bits per heavy atom. The molecule has 2 rings (SSSR count). The van der Waals surface area contributed by atoms with Crippen molar-refractivity contribution in [3.8, 4) is 0 Å². The van der Waals surface area contributed by atoms with E-state index in [0.29, 0.717) is 43.8 Å². The molecule has 1 saturated heterocycles. The summed E-state index contributed by atoms with van der Waals surface area (Å²) in [7, 11) is -3.54. The number of benzene rings is 1. The molecule has 25 heavy (non-hydrogen) atoms. The first-order chi connectivity index (χ1) is 11.8. The van der Waals surface area contributed by atoms with Crippen molar-refractivity contribution in [3.05, 3.63) is 28.8 Å². The molecule has 2 N–H and O–H groups in total. The molecule has 1 aromatic carbocycles. The largest absolute Gasteiger partial charge is 0.396 e. The number of carbonyl (C=O) groups is 1. The summed E-state index contributed by atoms with van der Waals surface area (Å²) < 4.78 is 27.5. The minimum absolute atomic E-state index is 0.0478. The van der Waals surface area contributed by atoms with Gasteiger partial charge in [0.05, 0.1) is 4.90 Å². The molecule has 1 heterocycles. The van der Waals surface area contributed by atoms with Crippen molar-refractivity contribution in [2.45, 2.75) is 44.9 Å². The highest BCUT2D eigenvalue weighted by atomic mass is 32.2. The van der Waals surface area contributed by atoms with E-state index < -0.39 is 10.0 Å². The molecule has 1 aliphatic heterocycles. The van der Waals surface area contributed by atoms with Gasteiger partial charge in [-0.15, -0.1) is 0 Å². The van der Waals surface area contributed by atoms with Gasteiger partial charge in [0.1, 0.15) is 0 Å². The van der Waals surface area contributed by atoms with E-state index in [1.807, 2.05) is 32.9 Å². The van der Waals surface area contributed by atoms with Crippen LogP contribution in [-0.4, -0.2) is 50.0 Å². The highest BCUT2D eigenvalue weighted by Crippen LogP contribution is 2.28. The number of aryl methyl sites for hydroxylation is 3. The molecule has 0 unspecified atom stereocenters. The van der Waals surface area contributed by atoms with Crippen LogP contribution < -0.4 is 5.32 Å². The van der Waals surface area contributed by atoms with Gasteiger partial charge in [0, 0.05) is 32.2 Å². The molecule has 0 saturated carbocycles. The fourth-order valence-electron chi connectivity index (χ4n) is 3.50. The fourth-order valence-corrected chi connectivity index (χ4v) is 5.38. The molecule has 0 aliphatic carbocycles. The van der Waals surface area contributed by atoms with Crippen LogP contribution >= 0.6 is 0 Å². The van der Waals surface area contributed by atoms with Crippen molar-refractivity contribution in [1.29, 1.82) is 0 Å². The lowest BCUT2D eigenvalue weighted by atomic mass is 9.97. The van der Waals surface area contributed by atoms with Gasteiger partial charge >= 0.3 is 0 Å². The molecule has 140 valence electrons. The van der Waals surface area contributed by atoms with E-state index in [-0.39, 0.29) is 18.4 Å². The third kappa shape index (κ3) is 4.59. The molecule has 0 atom stereocenters. The van der Waals surface area contributed by atoms with Crippen LogP contribution in [0.1, 0.15) is 36.0 Å². The molecule has 1 fully saturated rings. The smallest absolute Gasteiger partial charge is 0.243 e. The van der Waals surface area contributed by atoms with Gasteiger partial charge in [-0.1, -0.05) is 17.7 Å². The number of nitrogens with zero attached hydrogens (tertiary/aromatic N) is 1. The van der Waals surface area contributed by atoms with Gasteiger partial charge in [-0.05, 0) is 51.2 Å². The number of hydrogen-bond donors (Lipinski definition) is 2. The summed E-state index contributed by atoms with van der Waals surface area (Å²) in [6.45, 7) is 6.82. The van der Waals surface area contributed by atoms with Crippen LogP contribution in [0.5, 0.6) is 0 Å². The number of nitrogens with one attached hydrogen (secondary N) is 1. The monoisotopic (exact) mass is 368 g/mol. The molecule has 6 nitrogen and oxygen atoms in total. The summed E-state index contributed by atoms with van der Waals surface area (Å²) in [5.74, 6) is -0.210. The molecule has 1 aromatic rings. The van der Waals surface area contributed by atoms with Crippen LogP contribution in [0.2, 0.25) is 0 Å². The molecule has 0 radical (unpaired) electrons. The zero-order valence-electron chi connectivity index (χ0n) is 15.2. The Labute approximate surface area is 150 Å². The van der Waals surface area contributed by atoms with Crippen LogP contribution in [-0.2, 0) is 14.8 Å². The third-order valence-electron chi connectivity index (χ3n) is 4.66. The van der Waals surface area contributed by atoms with Crippen LogP contribution in [0, 0.1) is 26.7 Å². The van der Waals surface area contributed by atoms with Crippen LogP contribution in [0.15, 0.2) is 17.0 Å². The second kappa shape index (κ2) is 8.29. The molecular weight excluding hydrogens is 340 g/mol. The average Bonchev–Trinajstić information content (AvgIpc) is 2.54. The second-order valence-corrected chi connectivity index (χ2v) is 8.65. The van der Waals surface area contributed by atoms with E-state index in [2.05, 4.69) is 5.32 Å². The number of sulfonamides is 1. The first-order valence-corrected chi connectivity index (χ1v) is 10.2. The predicted octanol–water partition coefficient (Wildman–Crippen LogP) is 1.51. The Bertz CT molecular complexity index is 700. The number of carbonyl (C=O) groups excluding carboxylic acids is 1. The number of aliphatic hydroxyl groups is 1. The number of aliphatic hydroxyl groups excluding tert-OH is 1. The van der Waals surface area contributed by atoms with Gasteiger partial charge in [0.2, 0.25) is 15.9 Å². The SMILES string of the molecule is Cc1cc(C)c(S(=O)(=O)N2CCC(C(=O)NCCCO)CC2)c(C)c1. The van der Waals surface area contributed by atoms with Gasteiger partial charge in [-0.25, -0.2) is 8.42 Å². The number of hydrogen-bond acceptors (Lipinski definition) is 4. The van der Waals surface area contributed by atoms with E-state index >= 15 is 0 Å².